The maximum absolute atomic E-state index is 5.62. The lowest BCUT2D eigenvalue weighted by Gasteiger charge is -2.15. The molecular weight excluding hydrogens is 421 g/mol. The van der Waals surface area contributed by atoms with Crippen molar-refractivity contribution in [1.82, 2.24) is 10.6 Å². The number of nitrogens with one attached hydrogen (secondary N) is 2. The molecule has 0 atom stereocenters. The summed E-state index contributed by atoms with van der Waals surface area (Å²) in [6.45, 7) is 5.94. The predicted molar refractivity (Wildman–Crippen MR) is 107 cm³/mol. The summed E-state index contributed by atoms with van der Waals surface area (Å²) in [6.07, 6.45) is 2.43. The van der Waals surface area contributed by atoms with Gasteiger partial charge < -0.3 is 24.8 Å². The Morgan fingerprint density at radius 2 is 1.79 bits per heavy atom. The summed E-state index contributed by atoms with van der Waals surface area (Å²) in [7, 11) is 3.26. The third-order valence-electron chi connectivity index (χ3n) is 3.49. The van der Waals surface area contributed by atoms with Gasteiger partial charge in [-0.05, 0) is 44.4 Å². The van der Waals surface area contributed by atoms with Gasteiger partial charge in [-0.15, -0.1) is 24.0 Å². The molecule has 0 amide bonds. The van der Waals surface area contributed by atoms with Gasteiger partial charge in [0, 0.05) is 12.6 Å². The average Bonchev–Trinajstić information content (AvgIpc) is 3.37. The van der Waals surface area contributed by atoms with Crippen molar-refractivity contribution < 1.29 is 14.2 Å². The summed E-state index contributed by atoms with van der Waals surface area (Å²) in [5, 5.41) is 6.67. The minimum absolute atomic E-state index is 0. The van der Waals surface area contributed by atoms with Crippen molar-refractivity contribution in [2.24, 2.45) is 4.99 Å². The van der Waals surface area contributed by atoms with Crippen LogP contribution in [0, 0.1) is 0 Å². The first-order chi connectivity index (χ1) is 11.2. The number of nitrogens with zero attached hydrogens (tertiary/aromatic N) is 1. The maximum atomic E-state index is 5.62. The Hall–Kier alpha value is -1.38. The van der Waals surface area contributed by atoms with E-state index in [0.29, 0.717) is 36.4 Å². The molecule has 0 aliphatic heterocycles. The van der Waals surface area contributed by atoms with Gasteiger partial charge in [0.05, 0.1) is 27.4 Å². The zero-order valence-electron chi connectivity index (χ0n) is 14.8. The van der Waals surface area contributed by atoms with E-state index in [1.807, 2.05) is 19.1 Å². The molecule has 0 radical (unpaired) electrons. The minimum Gasteiger partial charge on any atom is -0.493 e. The molecule has 2 N–H and O–H groups in total. The molecule has 1 aliphatic rings. The van der Waals surface area contributed by atoms with Crippen molar-refractivity contribution in [2.45, 2.75) is 39.3 Å². The van der Waals surface area contributed by atoms with Gasteiger partial charge in [0.25, 0.3) is 0 Å². The molecule has 0 saturated heterocycles. The summed E-state index contributed by atoms with van der Waals surface area (Å²) in [5.74, 6) is 2.81. The second kappa shape index (κ2) is 10.5. The van der Waals surface area contributed by atoms with Gasteiger partial charge in [-0.1, -0.05) is 0 Å². The lowest BCUT2D eigenvalue weighted by atomic mass is 10.2. The minimum atomic E-state index is 0. The SMILES string of the molecule is CCNC(=NCc1cc(OC)c(OCC)c(OC)c1)NC1CC1.I. The van der Waals surface area contributed by atoms with Crippen LogP contribution in [-0.2, 0) is 6.54 Å². The Kier molecular flexibility index (Phi) is 9.02. The van der Waals surface area contributed by atoms with Crippen LogP contribution >= 0.6 is 24.0 Å². The first-order valence-electron chi connectivity index (χ1n) is 8.14. The van der Waals surface area contributed by atoms with Crippen molar-refractivity contribution in [3.63, 3.8) is 0 Å². The Morgan fingerprint density at radius 3 is 2.25 bits per heavy atom. The monoisotopic (exact) mass is 449 g/mol. The Morgan fingerprint density at radius 1 is 1.17 bits per heavy atom. The summed E-state index contributed by atoms with van der Waals surface area (Å²) in [6, 6.07) is 4.45. The van der Waals surface area contributed by atoms with E-state index in [9.17, 15) is 0 Å². The predicted octanol–water partition coefficient (Wildman–Crippen LogP) is 2.94. The molecule has 0 aromatic heterocycles. The normalized spacial score (nSPS) is 13.8. The van der Waals surface area contributed by atoms with Crippen LogP contribution in [0.15, 0.2) is 17.1 Å². The van der Waals surface area contributed by atoms with E-state index in [1.165, 1.54) is 12.8 Å². The quantitative estimate of drug-likeness (QED) is 0.363. The molecule has 0 heterocycles. The molecule has 0 bridgehead atoms. The third kappa shape index (κ3) is 5.92. The van der Waals surface area contributed by atoms with E-state index in [0.717, 1.165) is 18.1 Å². The molecule has 136 valence electrons. The van der Waals surface area contributed by atoms with Crippen molar-refractivity contribution in [3.8, 4) is 17.2 Å². The molecular formula is C17H28IN3O3. The highest BCUT2D eigenvalue weighted by atomic mass is 127. The van der Waals surface area contributed by atoms with Gasteiger partial charge in [-0.25, -0.2) is 4.99 Å². The standard InChI is InChI=1S/C17H27N3O3.HI/c1-5-18-17(20-13-7-8-13)19-11-12-9-14(21-3)16(23-6-2)15(10-12)22-4;/h9-10,13H,5-8,11H2,1-4H3,(H2,18,19,20);1H. The number of rotatable bonds is 8. The fraction of sp³-hybridized carbons (Fsp3) is 0.588. The van der Waals surface area contributed by atoms with Crippen molar-refractivity contribution >= 4 is 29.9 Å². The highest BCUT2D eigenvalue weighted by Crippen LogP contribution is 2.38. The van der Waals surface area contributed by atoms with Gasteiger partial charge in [0.1, 0.15) is 0 Å². The highest BCUT2D eigenvalue weighted by Gasteiger charge is 2.22. The first kappa shape index (κ1) is 20.7. The summed E-state index contributed by atoms with van der Waals surface area (Å²) in [5.41, 5.74) is 1.01. The summed E-state index contributed by atoms with van der Waals surface area (Å²) >= 11 is 0. The molecule has 1 aromatic rings. The number of hydrogen-bond donors (Lipinski definition) is 2. The van der Waals surface area contributed by atoms with Crippen LogP contribution in [0.1, 0.15) is 32.3 Å². The van der Waals surface area contributed by atoms with Crippen molar-refractivity contribution in [3.05, 3.63) is 17.7 Å². The van der Waals surface area contributed by atoms with E-state index in [4.69, 9.17) is 14.2 Å². The fourth-order valence-electron chi connectivity index (χ4n) is 2.22. The van der Waals surface area contributed by atoms with Gasteiger partial charge in [-0.2, -0.15) is 0 Å². The second-order valence-electron chi connectivity index (χ2n) is 5.38. The number of aliphatic imine (C=N–C) groups is 1. The Bertz CT molecular complexity index is 523. The molecule has 24 heavy (non-hydrogen) atoms. The van der Waals surface area contributed by atoms with E-state index >= 15 is 0 Å². The van der Waals surface area contributed by atoms with Crippen LogP contribution in [0.25, 0.3) is 0 Å². The highest BCUT2D eigenvalue weighted by molar-refractivity contribution is 14.0. The fourth-order valence-corrected chi connectivity index (χ4v) is 2.22. The molecule has 1 saturated carbocycles. The molecule has 1 aliphatic carbocycles. The number of ether oxygens (including phenoxy) is 3. The van der Waals surface area contributed by atoms with Gasteiger partial charge in [0.15, 0.2) is 17.5 Å². The van der Waals surface area contributed by atoms with Gasteiger partial charge in [-0.3, -0.25) is 0 Å². The summed E-state index contributed by atoms with van der Waals surface area (Å²) in [4.78, 5) is 4.63. The molecule has 1 aromatic carbocycles. The van der Waals surface area contributed by atoms with Crippen LogP contribution in [0.5, 0.6) is 17.2 Å². The lowest BCUT2D eigenvalue weighted by Crippen LogP contribution is -2.38. The molecule has 0 spiro atoms. The van der Waals surface area contributed by atoms with Crippen LogP contribution in [-0.4, -0.2) is 39.4 Å². The van der Waals surface area contributed by atoms with E-state index < -0.39 is 0 Å². The molecule has 6 nitrogen and oxygen atoms in total. The number of hydrogen-bond acceptors (Lipinski definition) is 4. The zero-order chi connectivity index (χ0) is 16.7. The molecule has 1 fully saturated rings. The van der Waals surface area contributed by atoms with Gasteiger partial charge >= 0.3 is 0 Å². The summed E-state index contributed by atoms with van der Waals surface area (Å²) < 4.78 is 16.5. The molecule has 7 heteroatoms. The van der Waals surface area contributed by atoms with Crippen LogP contribution in [0.4, 0.5) is 0 Å². The van der Waals surface area contributed by atoms with Gasteiger partial charge in [0.2, 0.25) is 5.75 Å². The second-order valence-corrected chi connectivity index (χ2v) is 5.38. The third-order valence-corrected chi connectivity index (χ3v) is 3.49. The Labute approximate surface area is 161 Å². The number of benzene rings is 1. The van der Waals surface area contributed by atoms with Crippen molar-refractivity contribution in [1.29, 1.82) is 0 Å². The largest absolute Gasteiger partial charge is 0.493 e. The Balaban J connectivity index is 0.00000288. The molecule has 2 rings (SSSR count). The maximum Gasteiger partial charge on any atom is 0.203 e. The first-order valence-corrected chi connectivity index (χ1v) is 8.14. The van der Waals surface area contributed by atoms with E-state index in [1.54, 1.807) is 14.2 Å². The average molecular weight is 449 g/mol. The number of guanidine groups is 1. The smallest absolute Gasteiger partial charge is 0.203 e. The zero-order valence-corrected chi connectivity index (χ0v) is 17.2. The number of methoxy groups -OCH3 is 2. The van der Waals surface area contributed by atoms with Crippen molar-refractivity contribution in [2.75, 3.05) is 27.4 Å². The van der Waals surface area contributed by atoms with Crippen LogP contribution < -0.4 is 24.8 Å². The molecule has 0 unspecified atom stereocenters. The van der Waals surface area contributed by atoms with E-state index in [-0.39, 0.29) is 24.0 Å². The van der Waals surface area contributed by atoms with E-state index in [2.05, 4.69) is 22.5 Å². The number of halogens is 1. The van der Waals surface area contributed by atoms with Crippen LogP contribution in [0.3, 0.4) is 0 Å². The topological polar surface area (TPSA) is 64.1 Å². The van der Waals surface area contributed by atoms with Crippen LogP contribution in [0.2, 0.25) is 0 Å². The lowest BCUT2D eigenvalue weighted by molar-refractivity contribution is 0.288.